The van der Waals surface area contributed by atoms with Crippen molar-refractivity contribution < 1.29 is 31.9 Å². The molecule has 1 aromatic rings. The predicted molar refractivity (Wildman–Crippen MR) is 52.1 cm³/mol. The van der Waals surface area contributed by atoms with Gasteiger partial charge in [-0.15, -0.1) is 0 Å². The van der Waals surface area contributed by atoms with Gasteiger partial charge in [-0.3, -0.25) is 9.63 Å². The number of alkyl halides is 2. The van der Waals surface area contributed by atoms with Crippen LogP contribution in [0.5, 0.6) is 5.75 Å². The molecule has 1 amide bonds. The van der Waals surface area contributed by atoms with Gasteiger partial charge in [0.05, 0.1) is 6.61 Å². The van der Waals surface area contributed by atoms with Crippen LogP contribution in [0.25, 0.3) is 0 Å². The van der Waals surface area contributed by atoms with Crippen molar-refractivity contribution in [2.45, 2.75) is 13.5 Å². The maximum absolute atomic E-state index is 13.4. The van der Waals surface area contributed by atoms with Crippen LogP contribution in [0.15, 0.2) is 12.1 Å². The molecule has 0 aliphatic carbocycles. The predicted octanol–water partition coefficient (Wildman–Crippen LogP) is 2.25. The molecule has 0 aliphatic heterocycles. The molecule has 100 valence electrons. The zero-order valence-electron chi connectivity index (χ0n) is 9.18. The van der Waals surface area contributed by atoms with E-state index in [9.17, 15) is 22.4 Å². The van der Waals surface area contributed by atoms with E-state index in [0.29, 0.717) is 12.1 Å². The van der Waals surface area contributed by atoms with E-state index in [4.69, 9.17) is 0 Å². The molecule has 0 saturated heterocycles. The van der Waals surface area contributed by atoms with Crippen LogP contribution in [0.3, 0.4) is 0 Å². The lowest BCUT2D eigenvalue weighted by molar-refractivity contribution is -0.0501. The third-order valence-corrected chi connectivity index (χ3v) is 1.78. The number of hydroxylamine groups is 1. The molecule has 0 radical (unpaired) electrons. The van der Waals surface area contributed by atoms with Crippen LogP contribution in [-0.4, -0.2) is 19.1 Å². The van der Waals surface area contributed by atoms with Crippen molar-refractivity contribution in [1.29, 1.82) is 0 Å². The first kappa shape index (κ1) is 14.2. The molecule has 0 aliphatic rings. The summed E-state index contributed by atoms with van der Waals surface area (Å²) in [5.41, 5.74) is 0.843. The summed E-state index contributed by atoms with van der Waals surface area (Å²) in [6, 6.07) is 0.964. The smallest absolute Gasteiger partial charge is 0.387 e. The highest BCUT2D eigenvalue weighted by molar-refractivity contribution is 5.94. The highest BCUT2D eigenvalue weighted by Gasteiger charge is 2.20. The summed E-state index contributed by atoms with van der Waals surface area (Å²) in [7, 11) is 0. The number of carbonyl (C=O) groups is 1. The lowest BCUT2D eigenvalue weighted by Crippen LogP contribution is -2.25. The average Bonchev–Trinajstić information content (AvgIpc) is 2.24. The van der Waals surface area contributed by atoms with Crippen molar-refractivity contribution in [3.63, 3.8) is 0 Å². The average molecular weight is 267 g/mol. The van der Waals surface area contributed by atoms with Crippen LogP contribution in [0.2, 0.25) is 0 Å². The molecule has 0 heterocycles. The van der Waals surface area contributed by atoms with Crippen LogP contribution in [-0.2, 0) is 4.84 Å². The Morgan fingerprint density at radius 2 is 1.89 bits per heavy atom. The molecule has 0 unspecified atom stereocenters. The monoisotopic (exact) mass is 267 g/mol. The van der Waals surface area contributed by atoms with Crippen molar-refractivity contribution in [2.24, 2.45) is 0 Å². The molecule has 0 spiro atoms. The number of hydrogen-bond acceptors (Lipinski definition) is 3. The van der Waals surface area contributed by atoms with Gasteiger partial charge in [0.1, 0.15) is 22.9 Å². The first-order chi connectivity index (χ1) is 8.45. The Morgan fingerprint density at radius 3 is 2.33 bits per heavy atom. The number of benzene rings is 1. The number of carbonyl (C=O) groups excluding carboxylic acids is 1. The maximum Gasteiger partial charge on any atom is 0.387 e. The molecule has 18 heavy (non-hydrogen) atoms. The standard InChI is InChI=1S/C10H9F4NO3/c1-2-17-15-9(16)8-6(11)3-5(4-7(8)12)18-10(13)14/h3-4,10H,2H2,1H3,(H,15,16). The van der Waals surface area contributed by atoms with Crippen LogP contribution in [0.4, 0.5) is 17.6 Å². The second-order valence-electron chi connectivity index (χ2n) is 3.00. The molecular weight excluding hydrogens is 258 g/mol. The molecule has 0 bridgehead atoms. The van der Waals surface area contributed by atoms with Gasteiger partial charge in [-0.2, -0.15) is 8.78 Å². The molecule has 1 N–H and O–H groups in total. The van der Waals surface area contributed by atoms with Crippen LogP contribution >= 0.6 is 0 Å². The number of rotatable bonds is 5. The molecule has 0 aromatic heterocycles. The van der Waals surface area contributed by atoms with E-state index in [1.54, 1.807) is 12.4 Å². The zero-order chi connectivity index (χ0) is 13.7. The summed E-state index contributed by atoms with van der Waals surface area (Å²) in [6.45, 7) is -1.57. The van der Waals surface area contributed by atoms with E-state index in [1.807, 2.05) is 0 Å². The van der Waals surface area contributed by atoms with Crippen molar-refractivity contribution >= 4 is 5.91 Å². The lowest BCUT2D eigenvalue weighted by Gasteiger charge is -2.09. The molecule has 1 rings (SSSR count). The molecule has 8 heteroatoms. The largest absolute Gasteiger partial charge is 0.435 e. The van der Waals surface area contributed by atoms with Gasteiger partial charge in [0.15, 0.2) is 0 Å². The molecule has 0 atom stereocenters. The highest BCUT2D eigenvalue weighted by atomic mass is 19.3. The second-order valence-corrected chi connectivity index (χ2v) is 3.00. The Kier molecular flexibility index (Phi) is 4.90. The van der Waals surface area contributed by atoms with Crippen LogP contribution in [0.1, 0.15) is 17.3 Å². The van der Waals surface area contributed by atoms with E-state index in [1.165, 1.54) is 0 Å². The fourth-order valence-corrected chi connectivity index (χ4v) is 1.13. The third-order valence-electron chi connectivity index (χ3n) is 1.78. The normalized spacial score (nSPS) is 10.6. The Morgan fingerprint density at radius 1 is 1.33 bits per heavy atom. The summed E-state index contributed by atoms with van der Waals surface area (Å²) < 4.78 is 54.2. The molecular formula is C10H9F4NO3. The minimum atomic E-state index is -3.22. The van der Waals surface area contributed by atoms with E-state index in [-0.39, 0.29) is 6.61 Å². The van der Waals surface area contributed by atoms with Crippen LogP contribution < -0.4 is 10.2 Å². The maximum atomic E-state index is 13.4. The van der Waals surface area contributed by atoms with E-state index in [2.05, 4.69) is 9.57 Å². The quantitative estimate of drug-likeness (QED) is 0.657. The van der Waals surface area contributed by atoms with E-state index < -0.39 is 35.5 Å². The SMILES string of the molecule is CCONC(=O)c1c(F)cc(OC(F)F)cc1F. The van der Waals surface area contributed by atoms with Gasteiger partial charge in [-0.05, 0) is 6.92 Å². The summed E-state index contributed by atoms with van der Waals surface area (Å²) >= 11 is 0. The van der Waals surface area contributed by atoms with Gasteiger partial charge >= 0.3 is 6.61 Å². The topological polar surface area (TPSA) is 47.6 Å². The molecule has 0 fully saturated rings. The Labute approximate surface area is 99.4 Å². The summed E-state index contributed by atoms with van der Waals surface area (Å²) in [5.74, 6) is -4.53. The summed E-state index contributed by atoms with van der Waals surface area (Å²) in [5, 5.41) is 0. The summed E-state index contributed by atoms with van der Waals surface area (Å²) in [6.07, 6.45) is 0. The van der Waals surface area contributed by atoms with Crippen molar-refractivity contribution in [3.05, 3.63) is 29.3 Å². The number of halogens is 4. The lowest BCUT2D eigenvalue weighted by atomic mass is 10.2. The Balaban J connectivity index is 2.97. The summed E-state index contributed by atoms with van der Waals surface area (Å²) in [4.78, 5) is 15.7. The van der Waals surface area contributed by atoms with E-state index >= 15 is 0 Å². The van der Waals surface area contributed by atoms with E-state index in [0.717, 1.165) is 0 Å². The highest BCUT2D eigenvalue weighted by Crippen LogP contribution is 2.22. The van der Waals surface area contributed by atoms with Crippen molar-refractivity contribution in [2.75, 3.05) is 6.61 Å². The Hall–Kier alpha value is -1.83. The first-order valence-electron chi connectivity index (χ1n) is 4.81. The fraction of sp³-hybridized carbons (Fsp3) is 0.300. The molecule has 0 saturated carbocycles. The fourth-order valence-electron chi connectivity index (χ4n) is 1.13. The molecule has 1 aromatic carbocycles. The number of hydrogen-bond donors (Lipinski definition) is 1. The van der Waals surface area contributed by atoms with Gasteiger partial charge in [0.2, 0.25) is 0 Å². The number of ether oxygens (including phenoxy) is 1. The second kappa shape index (κ2) is 6.20. The van der Waals surface area contributed by atoms with Crippen molar-refractivity contribution in [3.8, 4) is 5.75 Å². The van der Waals surface area contributed by atoms with Gasteiger partial charge < -0.3 is 4.74 Å². The number of amides is 1. The Bertz CT molecular complexity index is 416. The molecule has 4 nitrogen and oxygen atoms in total. The van der Waals surface area contributed by atoms with Crippen LogP contribution in [0, 0.1) is 11.6 Å². The third kappa shape index (κ3) is 3.59. The van der Waals surface area contributed by atoms with Gasteiger partial charge in [0, 0.05) is 12.1 Å². The van der Waals surface area contributed by atoms with Crippen molar-refractivity contribution in [1.82, 2.24) is 5.48 Å². The first-order valence-corrected chi connectivity index (χ1v) is 4.81. The zero-order valence-corrected chi connectivity index (χ0v) is 9.18. The minimum absolute atomic E-state index is 0.0988. The van der Waals surface area contributed by atoms with Gasteiger partial charge in [-0.25, -0.2) is 14.3 Å². The number of nitrogens with one attached hydrogen (secondary N) is 1. The minimum Gasteiger partial charge on any atom is -0.435 e. The van der Waals surface area contributed by atoms with Gasteiger partial charge in [0.25, 0.3) is 5.91 Å². The van der Waals surface area contributed by atoms with Gasteiger partial charge in [-0.1, -0.05) is 0 Å².